The average molecular weight is 337 g/mol. The molecule has 0 N–H and O–H groups in total. The fourth-order valence-corrected chi connectivity index (χ4v) is 2.14. The van der Waals surface area contributed by atoms with Gasteiger partial charge in [-0.1, -0.05) is 6.42 Å². The van der Waals surface area contributed by atoms with E-state index in [1.54, 1.807) is 11.9 Å². The Labute approximate surface area is 120 Å². The summed E-state index contributed by atoms with van der Waals surface area (Å²) < 4.78 is 13.4. The number of unbranched alkanes of at least 4 members (excludes halogenated alkanes) is 2. The molecule has 0 saturated carbocycles. The predicted octanol–water partition coefficient (Wildman–Crippen LogP) is 4.07. The molecule has 0 aliphatic rings. The van der Waals surface area contributed by atoms with E-state index in [1.165, 1.54) is 18.2 Å². The Kier molecular flexibility index (Phi) is 6.65. The number of halogens is 3. The highest BCUT2D eigenvalue weighted by molar-refractivity contribution is 9.10. The molecule has 0 bridgehead atoms. The van der Waals surface area contributed by atoms with E-state index in [0.29, 0.717) is 22.5 Å². The molecule has 1 aromatic rings. The van der Waals surface area contributed by atoms with Crippen LogP contribution in [0.25, 0.3) is 0 Å². The second-order valence-corrected chi connectivity index (χ2v) is 5.34. The van der Waals surface area contributed by atoms with Crippen LogP contribution in [0.1, 0.15) is 29.6 Å². The third-order valence-electron chi connectivity index (χ3n) is 2.64. The first-order valence-electron chi connectivity index (χ1n) is 5.82. The van der Waals surface area contributed by atoms with E-state index in [2.05, 4.69) is 15.9 Å². The minimum absolute atomic E-state index is 0.0958. The molecule has 2 nitrogen and oxygen atoms in total. The first-order valence-corrected chi connectivity index (χ1v) is 7.15. The van der Waals surface area contributed by atoms with Crippen molar-refractivity contribution in [1.82, 2.24) is 4.90 Å². The van der Waals surface area contributed by atoms with E-state index in [4.69, 9.17) is 11.6 Å². The molecule has 0 atom stereocenters. The normalized spacial score (nSPS) is 10.4. The molecule has 0 fully saturated rings. The summed E-state index contributed by atoms with van der Waals surface area (Å²) in [5, 5.41) is 0. The first kappa shape index (κ1) is 15.4. The summed E-state index contributed by atoms with van der Waals surface area (Å²) in [5.41, 5.74) is 0.489. The SMILES string of the molecule is CN(CCCCCCl)C(=O)c1ccc(F)c(Br)c1. The van der Waals surface area contributed by atoms with Crippen molar-refractivity contribution >= 4 is 33.4 Å². The van der Waals surface area contributed by atoms with Crippen LogP contribution >= 0.6 is 27.5 Å². The summed E-state index contributed by atoms with van der Waals surface area (Å²) in [5.74, 6) is 0.195. The molecule has 0 radical (unpaired) electrons. The van der Waals surface area contributed by atoms with E-state index >= 15 is 0 Å². The average Bonchev–Trinajstić information content (AvgIpc) is 2.37. The number of rotatable bonds is 6. The van der Waals surface area contributed by atoms with Crippen LogP contribution in [-0.4, -0.2) is 30.3 Å². The number of hydrogen-bond donors (Lipinski definition) is 0. The lowest BCUT2D eigenvalue weighted by atomic mass is 10.2. The van der Waals surface area contributed by atoms with Crippen LogP contribution in [0, 0.1) is 5.82 Å². The molecular formula is C13H16BrClFNO. The molecule has 18 heavy (non-hydrogen) atoms. The highest BCUT2D eigenvalue weighted by Gasteiger charge is 2.12. The van der Waals surface area contributed by atoms with Crippen LogP contribution in [-0.2, 0) is 0 Å². The number of hydrogen-bond acceptors (Lipinski definition) is 1. The van der Waals surface area contributed by atoms with Crippen molar-refractivity contribution in [3.05, 3.63) is 34.1 Å². The van der Waals surface area contributed by atoms with Gasteiger partial charge in [-0.05, 0) is 47.0 Å². The molecular weight excluding hydrogens is 321 g/mol. The maximum Gasteiger partial charge on any atom is 0.253 e. The Morgan fingerprint density at radius 1 is 1.39 bits per heavy atom. The van der Waals surface area contributed by atoms with E-state index < -0.39 is 0 Å². The van der Waals surface area contributed by atoms with Crippen molar-refractivity contribution in [1.29, 1.82) is 0 Å². The maximum absolute atomic E-state index is 13.1. The monoisotopic (exact) mass is 335 g/mol. The van der Waals surface area contributed by atoms with Crippen molar-refractivity contribution in [2.24, 2.45) is 0 Å². The van der Waals surface area contributed by atoms with Gasteiger partial charge in [-0.15, -0.1) is 11.6 Å². The van der Waals surface area contributed by atoms with Crippen molar-refractivity contribution in [3.8, 4) is 0 Å². The highest BCUT2D eigenvalue weighted by Crippen LogP contribution is 2.17. The van der Waals surface area contributed by atoms with Crippen LogP contribution in [0.3, 0.4) is 0 Å². The van der Waals surface area contributed by atoms with Gasteiger partial charge in [-0.25, -0.2) is 4.39 Å². The summed E-state index contributed by atoms with van der Waals surface area (Å²) in [6.45, 7) is 0.685. The van der Waals surface area contributed by atoms with Gasteiger partial charge < -0.3 is 4.90 Å². The Bertz CT molecular complexity index is 414. The van der Waals surface area contributed by atoms with Crippen LogP contribution < -0.4 is 0 Å². The smallest absolute Gasteiger partial charge is 0.253 e. The third kappa shape index (κ3) is 4.58. The van der Waals surface area contributed by atoms with Crippen LogP contribution in [0.2, 0.25) is 0 Å². The van der Waals surface area contributed by atoms with Gasteiger partial charge in [0.25, 0.3) is 5.91 Å². The van der Waals surface area contributed by atoms with Crippen molar-refractivity contribution in [3.63, 3.8) is 0 Å². The number of alkyl halides is 1. The molecule has 1 aromatic carbocycles. The summed E-state index contributed by atoms with van der Waals surface area (Å²) in [4.78, 5) is 13.7. The minimum Gasteiger partial charge on any atom is -0.342 e. The number of amides is 1. The Morgan fingerprint density at radius 2 is 2.11 bits per heavy atom. The number of nitrogens with zero attached hydrogens (tertiary/aromatic N) is 1. The van der Waals surface area contributed by atoms with Gasteiger partial charge in [0.15, 0.2) is 0 Å². The molecule has 0 heterocycles. The summed E-state index contributed by atoms with van der Waals surface area (Å²) in [6.07, 6.45) is 2.90. The zero-order valence-corrected chi connectivity index (χ0v) is 12.6. The van der Waals surface area contributed by atoms with Gasteiger partial charge >= 0.3 is 0 Å². The van der Waals surface area contributed by atoms with Gasteiger partial charge in [-0.2, -0.15) is 0 Å². The van der Waals surface area contributed by atoms with Gasteiger partial charge in [0, 0.05) is 25.0 Å². The molecule has 0 aromatic heterocycles. The fourth-order valence-electron chi connectivity index (χ4n) is 1.57. The quantitative estimate of drug-likeness (QED) is 0.566. The van der Waals surface area contributed by atoms with Crippen molar-refractivity contribution < 1.29 is 9.18 Å². The second-order valence-electron chi connectivity index (χ2n) is 4.11. The molecule has 0 aliphatic carbocycles. The van der Waals surface area contributed by atoms with Crippen LogP contribution in [0.4, 0.5) is 4.39 Å². The van der Waals surface area contributed by atoms with Gasteiger partial charge in [-0.3, -0.25) is 4.79 Å². The molecule has 1 amide bonds. The van der Waals surface area contributed by atoms with Crippen LogP contribution in [0.15, 0.2) is 22.7 Å². The zero-order chi connectivity index (χ0) is 13.5. The zero-order valence-electron chi connectivity index (χ0n) is 10.3. The van der Waals surface area contributed by atoms with E-state index in [-0.39, 0.29) is 11.7 Å². The fraction of sp³-hybridized carbons (Fsp3) is 0.462. The Hall–Kier alpha value is -0.610. The second kappa shape index (κ2) is 7.74. The predicted molar refractivity (Wildman–Crippen MR) is 75.6 cm³/mol. The molecule has 0 aliphatic heterocycles. The van der Waals surface area contributed by atoms with E-state index in [1.807, 2.05) is 0 Å². The topological polar surface area (TPSA) is 20.3 Å². The molecule has 100 valence electrons. The lowest BCUT2D eigenvalue weighted by Gasteiger charge is -2.17. The molecule has 0 spiro atoms. The molecule has 0 unspecified atom stereocenters. The van der Waals surface area contributed by atoms with Gasteiger partial charge in [0.1, 0.15) is 5.82 Å². The van der Waals surface area contributed by atoms with Gasteiger partial charge in [0.05, 0.1) is 4.47 Å². The standard InChI is InChI=1S/C13H16BrClFNO/c1-17(8-4-2-3-7-15)13(18)10-5-6-12(16)11(14)9-10/h5-6,9H,2-4,7-8H2,1H3. The van der Waals surface area contributed by atoms with Crippen molar-refractivity contribution in [2.75, 3.05) is 19.5 Å². The van der Waals surface area contributed by atoms with E-state index in [9.17, 15) is 9.18 Å². The summed E-state index contributed by atoms with van der Waals surface area (Å²) in [7, 11) is 1.75. The molecule has 5 heteroatoms. The Morgan fingerprint density at radius 3 is 2.72 bits per heavy atom. The number of carbonyl (C=O) groups excluding carboxylic acids is 1. The number of carbonyl (C=O) groups is 1. The lowest BCUT2D eigenvalue weighted by Crippen LogP contribution is -2.27. The van der Waals surface area contributed by atoms with Gasteiger partial charge in [0.2, 0.25) is 0 Å². The highest BCUT2D eigenvalue weighted by atomic mass is 79.9. The maximum atomic E-state index is 13.1. The first-order chi connectivity index (χ1) is 8.56. The van der Waals surface area contributed by atoms with Crippen LogP contribution in [0.5, 0.6) is 0 Å². The summed E-state index contributed by atoms with van der Waals surface area (Å²) >= 11 is 8.66. The lowest BCUT2D eigenvalue weighted by molar-refractivity contribution is 0.0792. The minimum atomic E-state index is -0.365. The van der Waals surface area contributed by atoms with E-state index in [0.717, 1.165) is 19.3 Å². The molecule has 1 rings (SSSR count). The Balaban J connectivity index is 2.54. The number of benzene rings is 1. The summed E-state index contributed by atoms with van der Waals surface area (Å²) in [6, 6.07) is 4.29. The largest absolute Gasteiger partial charge is 0.342 e. The third-order valence-corrected chi connectivity index (χ3v) is 3.52. The molecule has 0 saturated heterocycles. The van der Waals surface area contributed by atoms with Crippen molar-refractivity contribution in [2.45, 2.75) is 19.3 Å².